The fourth-order valence-electron chi connectivity index (χ4n) is 1.86. The zero-order valence-corrected chi connectivity index (χ0v) is 10.7. The molecule has 0 bridgehead atoms. The highest BCUT2D eigenvalue weighted by atomic mass is 15.1. The topological polar surface area (TPSA) is 84.6 Å². The Balaban J connectivity index is 2.60. The third-order valence-electron chi connectivity index (χ3n) is 2.55. The summed E-state index contributed by atoms with van der Waals surface area (Å²) in [4.78, 5) is 2.69. The number of rotatable bonds is 6. The molecule has 18 heavy (non-hydrogen) atoms. The summed E-state index contributed by atoms with van der Waals surface area (Å²) in [5.74, 6) is 0. The predicted molar refractivity (Wildman–Crippen MR) is 70.9 cm³/mol. The highest BCUT2D eigenvalue weighted by Gasteiger charge is 2.09. The SMILES string of the molecule is Cc1cc(C)cc(C(C#N)NCCCN=[N+]=[N-])c1. The number of hydrogen-bond acceptors (Lipinski definition) is 3. The normalized spacial score (nSPS) is 11.4. The lowest BCUT2D eigenvalue weighted by Crippen LogP contribution is -2.21. The molecule has 0 aliphatic heterocycles. The monoisotopic (exact) mass is 243 g/mol. The van der Waals surface area contributed by atoms with Gasteiger partial charge in [-0.15, -0.1) is 0 Å². The van der Waals surface area contributed by atoms with Crippen LogP contribution in [0.2, 0.25) is 0 Å². The van der Waals surface area contributed by atoms with Crippen LogP contribution < -0.4 is 5.32 Å². The van der Waals surface area contributed by atoms with E-state index in [0.29, 0.717) is 13.1 Å². The highest BCUT2D eigenvalue weighted by molar-refractivity contribution is 5.33. The Morgan fingerprint density at radius 3 is 2.61 bits per heavy atom. The zero-order chi connectivity index (χ0) is 13.4. The van der Waals surface area contributed by atoms with Gasteiger partial charge in [0.1, 0.15) is 6.04 Å². The molecule has 0 saturated heterocycles. The molecule has 5 heteroatoms. The molecule has 0 heterocycles. The molecule has 1 rings (SSSR count). The van der Waals surface area contributed by atoms with Crippen LogP contribution in [0, 0.1) is 25.2 Å². The second-order valence-electron chi connectivity index (χ2n) is 4.25. The Hall–Kier alpha value is -2.02. The number of nitriles is 1. The van der Waals surface area contributed by atoms with Crippen LogP contribution in [0.1, 0.15) is 29.2 Å². The second kappa shape index (κ2) is 7.33. The fourth-order valence-corrected chi connectivity index (χ4v) is 1.86. The van der Waals surface area contributed by atoms with E-state index in [0.717, 1.165) is 23.1 Å². The molecular formula is C13H17N5. The van der Waals surface area contributed by atoms with Gasteiger partial charge in [0.15, 0.2) is 0 Å². The molecule has 0 radical (unpaired) electrons. The second-order valence-corrected chi connectivity index (χ2v) is 4.25. The summed E-state index contributed by atoms with van der Waals surface area (Å²) in [6.45, 7) is 5.15. The highest BCUT2D eigenvalue weighted by Crippen LogP contribution is 2.16. The summed E-state index contributed by atoms with van der Waals surface area (Å²) in [5, 5.41) is 15.8. The van der Waals surface area contributed by atoms with Crippen LogP contribution in [-0.2, 0) is 0 Å². The summed E-state index contributed by atoms with van der Waals surface area (Å²) >= 11 is 0. The third-order valence-corrected chi connectivity index (χ3v) is 2.55. The fraction of sp³-hybridized carbons (Fsp3) is 0.462. The van der Waals surface area contributed by atoms with E-state index in [1.54, 1.807) is 0 Å². The quantitative estimate of drug-likeness (QED) is 0.360. The van der Waals surface area contributed by atoms with E-state index in [1.807, 2.05) is 26.0 Å². The van der Waals surface area contributed by atoms with Crippen molar-refractivity contribution >= 4 is 0 Å². The zero-order valence-electron chi connectivity index (χ0n) is 10.7. The molecule has 0 saturated carbocycles. The molecule has 1 atom stereocenters. The van der Waals surface area contributed by atoms with Crippen molar-refractivity contribution in [3.05, 3.63) is 45.3 Å². The lowest BCUT2D eigenvalue weighted by Gasteiger charge is -2.13. The first-order chi connectivity index (χ1) is 8.67. The largest absolute Gasteiger partial charge is 0.298 e. The maximum atomic E-state index is 9.17. The molecule has 0 aliphatic rings. The molecule has 0 fully saturated rings. The third kappa shape index (κ3) is 4.46. The van der Waals surface area contributed by atoms with Crippen molar-refractivity contribution < 1.29 is 0 Å². The van der Waals surface area contributed by atoms with E-state index < -0.39 is 0 Å². The summed E-state index contributed by atoms with van der Waals surface area (Å²) in [5.41, 5.74) is 11.4. The lowest BCUT2D eigenvalue weighted by atomic mass is 10.0. The van der Waals surface area contributed by atoms with Crippen molar-refractivity contribution in [2.24, 2.45) is 5.11 Å². The maximum absolute atomic E-state index is 9.17. The van der Waals surface area contributed by atoms with Crippen LogP contribution in [0.15, 0.2) is 23.3 Å². The lowest BCUT2D eigenvalue weighted by molar-refractivity contribution is 0.607. The first-order valence-corrected chi connectivity index (χ1v) is 5.89. The average Bonchev–Trinajstić information content (AvgIpc) is 2.32. The Morgan fingerprint density at radius 1 is 1.39 bits per heavy atom. The molecule has 0 aromatic heterocycles. The van der Waals surface area contributed by atoms with Crippen LogP contribution in [0.5, 0.6) is 0 Å². The van der Waals surface area contributed by atoms with E-state index in [1.165, 1.54) is 0 Å². The number of hydrogen-bond donors (Lipinski definition) is 1. The predicted octanol–water partition coefficient (Wildman–Crippen LogP) is 3.16. The van der Waals surface area contributed by atoms with Gasteiger partial charge in [0, 0.05) is 11.5 Å². The van der Waals surface area contributed by atoms with Crippen molar-refractivity contribution in [1.29, 1.82) is 5.26 Å². The van der Waals surface area contributed by atoms with Gasteiger partial charge in [-0.25, -0.2) is 0 Å². The average molecular weight is 243 g/mol. The van der Waals surface area contributed by atoms with Gasteiger partial charge in [0.05, 0.1) is 6.07 Å². The smallest absolute Gasteiger partial charge is 0.121 e. The summed E-state index contributed by atoms with van der Waals surface area (Å²) in [6, 6.07) is 8.05. The summed E-state index contributed by atoms with van der Waals surface area (Å²) in [6.07, 6.45) is 0.729. The van der Waals surface area contributed by atoms with Crippen molar-refractivity contribution in [2.45, 2.75) is 26.3 Å². The standard InChI is InChI=1S/C13H17N5/c1-10-6-11(2)8-12(7-10)13(9-14)16-4-3-5-17-18-15/h6-8,13,16H,3-5H2,1-2H3. The van der Waals surface area contributed by atoms with Crippen molar-refractivity contribution in [1.82, 2.24) is 5.32 Å². The number of nitrogens with zero attached hydrogens (tertiary/aromatic N) is 4. The van der Waals surface area contributed by atoms with Gasteiger partial charge in [0.25, 0.3) is 0 Å². The van der Waals surface area contributed by atoms with Crippen molar-refractivity contribution in [3.8, 4) is 6.07 Å². The van der Waals surface area contributed by atoms with Gasteiger partial charge in [-0.3, -0.25) is 5.32 Å². The van der Waals surface area contributed by atoms with Crippen molar-refractivity contribution in [3.63, 3.8) is 0 Å². The van der Waals surface area contributed by atoms with Crippen LogP contribution in [0.4, 0.5) is 0 Å². The van der Waals surface area contributed by atoms with Crippen LogP contribution in [0.3, 0.4) is 0 Å². The molecule has 94 valence electrons. The molecule has 0 spiro atoms. The van der Waals surface area contributed by atoms with E-state index in [2.05, 4.69) is 27.5 Å². The Kier molecular flexibility index (Phi) is 5.72. The minimum Gasteiger partial charge on any atom is -0.298 e. The van der Waals surface area contributed by atoms with Crippen LogP contribution >= 0.6 is 0 Å². The minimum atomic E-state index is -0.310. The van der Waals surface area contributed by atoms with E-state index >= 15 is 0 Å². The molecule has 0 aliphatic carbocycles. The van der Waals surface area contributed by atoms with E-state index in [4.69, 9.17) is 10.8 Å². The van der Waals surface area contributed by atoms with Gasteiger partial charge >= 0.3 is 0 Å². The van der Waals surface area contributed by atoms with Gasteiger partial charge < -0.3 is 0 Å². The van der Waals surface area contributed by atoms with Gasteiger partial charge in [0.2, 0.25) is 0 Å². The molecule has 1 aromatic carbocycles. The van der Waals surface area contributed by atoms with Crippen LogP contribution in [-0.4, -0.2) is 13.1 Å². The minimum absolute atomic E-state index is 0.310. The van der Waals surface area contributed by atoms with Gasteiger partial charge in [-0.05, 0) is 37.9 Å². The Morgan fingerprint density at radius 2 is 2.06 bits per heavy atom. The summed E-state index contributed by atoms with van der Waals surface area (Å²) < 4.78 is 0. The number of aryl methyl sites for hydroxylation is 2. The molecular weight excluding hydrogens is 226 g/mol. The van der Waals surface area contributed by atoms with E-state index in [9.17, 15) is 0 Å². The first kappa shape index (κ1) is 14.0. The molecule has 5 nitrogen and oxygen atoms in total. The Bertz CT molecular complexity index is 462. The number of nitrogens with one attached hydrogen (secondary N) is 1. The number of benzene rings is 1. The van der Waals surface area contributed by atoms with Crippen LogP contribution in [0.25, 0.3) is 10.4 Å². The van der Waals surface area contributed by atoms with E-state index in [-0.39, 0.29) is 6.04 Å². The Labute approximate surface area is 107 Å². The maximum Gasteiger partial charge on any atom is 0.121 e. The van der Waals surface area contributed by atoms with Gasteiger partial charge in [-0.2, -0.15) is 5.26 Å². The van der Waals surface area contributed by atoms with Gasteiger partial charge in [-0.1, -0.05) is 34.4 Å². The molecule has 1 unspecified atom stereocenters. The summed E-state index contributed by atoms with van der Waals surface area (Å²) in [7, 11) is 0. The molecule has 1 aromatic rings. The first-order valence-electron chi connectivity index (χ1n) is 5.89. The molecule has 1 N–H and O–H groups in total. The van der Waals surface area contributed by atoms with Crippen molar-refractivity contribution in [2.75, 3.05) is 13.1 Å². The molecule has 0 amide bonds. The number of azide groups is 1.